The summed E-state index contributed by atoms with van der Waals surface area (Å²) in [7, 11) is 0. The van der Waals surface area contributed by atoms with E-state index < -0.39 is 0 Å². The molecule has 0 saturated carbocycles. The fourth-order valence-electron chi connectivity index (χ4n) is 17.1. The van der Waals surface area contributed by atoms with Crippen molar-refractivity contribution >= 4 is 0 Å². The quantitative estimate of drug-likeness (QED) is 0.0400. The number of aryl methyl sites for hydroxylation is 2. The number of unbranched alkanes of at least 4 members (excludes halogenated alkanes) is 66. The molecule has 0 atom stereocenters. The summed E-state index contributed by atoms with van der Waals surface area (Å²) in [4.78, 5) is 0. The topological polar surface area (TPSA) is 100 Å². The summed E-state index contributed by atoms with van der Waals surface area (Å²) in [5, 5.41) is 10.6. The maximum absolute atomic E-state index is 6.88. The molecule has 119 heavy (non-hydrogen) atoms. The highest BCUT2D eigenvalue weighted by atomic mass is 16.5. The molecule has 0 aliphatic carbocycles. The Balaban J connectivity index is 1.50. The molecule has 0 radical (unpaired) electrons. The molecule has 0 N–H and O–H groups in total. The second-order valence-electron chi connectivity index (χ2n) is 36.4. The number of rotatable bonds is 92. The number of aromatic nitrogens is 4. The van der Waals surface area contributed by atoms with E-state index in [1.165, 1.54) is 424 Å². The Labute approximate surface area is 736 Å². The molecular formula is C108H194N4O7. The van der Waals surface area contributed by atoms with Gasteiger partial charge in [-0.1, -0.05) is 465 Å². The highest BCUT2D eigenvalue weighted by molar-refractivity contribution is 5.70. The molecule has 688 valence electrons. The molecule has 0 bridgehead atoms. The third kappa shape index (κ3) is 57.0. The molecule has 4 aromatic rings. The van der Waals surface area contributed by atoms with E-state index >= 15 is 0 Å². The van der Waals surface area contributed by atoms with Crippen LogP contribution in [0.1, 0.15) is 515 Å². The molecular weight excluding hydrogens is 1470 g/mol. The molecule has 11 nitrogen and oxygen atoms in total. The molecule has 0 spiro atoms. The van der Waals surface area contributed by atoms with Gasteiger partial charge in [0.15, 0.2) is 23.0 Å². The van der Waals surface area contributed by atoms with E-state index in [1.807, 2.05) is 0 Å². The summed E-state index contributed by atoms with van der Waals surface area (Å²) in [5.41, 5.74) is 6.01. The number of benzene rings is 2. The first-order valence-electron chi connectivity index (χ1n) is 52.7. The molecule has 2 aromatic heterocycles. The van der Waals surface area contributed by atoms with Crippen molar-refractivity contribution in [2.24, 2.45) is 0 Å². The van der Waals surface area contributed by atoms with Crippen LogP contribution in [0.15, 0.2) is 36.4 Å². The van der Waals surface area contributed by atoms with Crippen LogP contribution in [0.5, 0.6) is 34.5 Å². The van der Waals surface area contributed by atoms with Crippen molar-refractivity contribution in [1.29, 1.82) is 0 Å². The van der Waals surface area contributed by atoms with E-state index in [0.717, 1.165) is 107 Å². The first-order valence-corrected chi connectivity index (χ1v) is 52.7. The maximum Gasteiger partial charge on any atom is 0.203 e. The number of ether oxygens (including phenoxy) is 7. The summed E-state index contributed by atoms with van der Waals surface area (Å²) in [5.74, 6) is 4.66. The van der Waals surface area contributed by atoms with Crippen LogP contribution < -0.4 is 28.4 Å². The molecule has 2 heterocycles. The summed E-state index contributed by atoms with van der Waals surface area (Å²) in [6, 6.07) is 13.2. The van der Waals surface area contributed by atoms with Gasteiger partial charge in [0.2, 0.25) is 11.5 Å². The van der Waals surface area contributed by atoms with Gasteiger partial charge in [-0.05, 0) is 88.8 Å². The molecule has 0 saturated heterocycles. The monoisotopic (exact) mass is 1660 g/mol. The lowest BCUT2D eigenvalue weighted by molar-refractivity contribution is 0.113. The molecule has 0 unspecified atom stereocenters. The lowest BCUT2D eigenvalue weighted by atomic mass is 10.1. The molecule has 0 amide bonds. The summed E-state index contributed by atoms with van der Waals surface area (Å²) >= 11 is 0. The molecule has 4 rings (SSSR count). The van der Waals surface area contributed by atoms with Gasteiger partial charge in [-0.15, -0.1) is 0 Å². The number of hydrogen-bond acceptors (Lipinski definition) is 9. The van der Waals surface area contributed by atoms with Crippen molar-refractivity contribution in [2.45, 2.75) is 531 Å². The van der Waals surface area contributed by atoms with Crippen LogP contribution >= 0.6 is 0 Å². The van der Waals surface area contributed by atoms with Crippen molar-refractivity contribution < 1.29 is 33.2 Å². The van der Waals surface area contributed by atoms with Gasteiger partial charge in [-0.2, -0.15) is 10.2 Å². The lowest BCUT2D eigenvalue weighted by Crippen LogP contribution is -2.13. The standard InChI is InChI=1S/C108H194N4O7/c1-9-15-21-27-33-39-45-51-57-63-69-75-83-114-103-93-99(94-104(115-84-76-70-64-58-52-46-40-34-28-22-16-10-2)107(103)118-87-79-73-67-61-55-49-43-37-31-25-19-13-5)101-91-97(7)111(109-101)81-89-113-90-82-112-98(8)92-102(110-112)100-95-105(116-85-77-71-65-59-53-47-41-35-29-23-17-11-3)108(119-88-80-74-68-62-56-50-44-38-32-26-20-14-6)106(96-100)117-86-78-72-66-60-54-48-42-36-30-24-18-12-4/h91-96H,9-90H2,1-8H3. The molecule has 11 heteroatoms. The second-order valence-corrected chi connectivity index (χ2v) is 36.4. The van der Waals surface area contributed by atoms with Gasteiger partial charge in [-0.3, -0.25) is 9.36 Å². The van der Waals surface area contributed by atoms with Crippen LogP contribution in [0.2, 0.25) is 0 Å². The van der Waals surface area contributed by atoms with Crippen molar-refractivity contribution in [3.8, 4) is 57.0 Å². The highest BCUT2D eigenvalue weighted by Crippen LogP contribution is 2.44. The van der Waals surface area contributed by atoms with E-state index in [0.29, 0.717) is 65.9 Å². The van der Waals surface area contributed by atoms with Gasteiger partial charge in [0.1, 0.15) is 0 Å². The normalized spacial score (nSPS) is 11.6. The average Bonchev–Trinajstić information content (AvgIpc) is 1.21. The van der Waals surface area contributed by atoms with Gasteiger partial charge < -0.3 is 33.2 Å². The first kappa shape index (κ1) is 107. The molecule has 2 aromatic carbocycles. The van der Waals surface area contributed by atoms with E-state index in [1.54, 1.807) is 0 Å². The third-order valence-electron chi connectivity index (χ3n) is 25.0. The van der Waals surface area contributed by atoms with Crippen LogP contribution in [0.4, 0.5) is 0 Å². The zero-order valence-corrected chi connectivity index (χ0v) is 80.1. The predicted octanol–water partition coefficient (Wildman–Crippen LogP) is 35.2. The first-order chi connectivity index (χ1) is 58.9. The lowest BCUT2D eigenvalue weighted by Gasteiger charge is -2.19. The largest absolute Gasteiger partial charge is 0.490 e. The Morgan fingerprint density at radius 2 is 0.353 bits per heavy atom. The van der Waals surface area contributed by atoms with Crippen LogP contribution in [0.25, 0.3) is 22.5 Å². The van der Waals surface area contributed by atoms with Crippen LogP contribution in [0, 0.1) is 13.8 Å². The summed E-state index contributed by atoms with van der Waals surface area (Å²) in [6.45, 7) is 24.5. The van der Waals surface area contributed by atoms with E-state index in [4.69, 9.17) is 43.4 Å². The van der Waals surface area contributed by atoms with Crippen LogP contribution in [-0.2, 0) is 17.8 Å². The van der Waals surface area contributed by atoms with Gasteiger partial charge in [0.25, 0.3) is 0 Å². The Bertz CT molecular complexity index is 2560. The van der Waals surface area contributed by atoms with Crippen LogP contribution in [0.3, 0.4) is 0 Å². The van der Waals surface area contributed by atoms with Gasteiger partial charge in [-0.25, -0.2) is 0 Å². The zero-order valence-electron chi connectivity index (χ0n) is 80.1. The predicted molar refractivity (Wildman–Crippen MR) is 515 cm³/mol. The van der Waals surface area contributed by atoms with Gasteiger partial charge in [0.05, 0.1) is 77.3 Å². The number of nitrogens with zero attached hydrogens (tertiary/aromatic N) is 4. The third-order valence-corrected chi connectivity index (χ3v) is 25.0. The number of hydrogen-bond donors (Lipinski definition) is 0. The fraction of sp³-hybridized carbons (Fsp3) is 0.833. The highest BCUT2D eigenvalue weighted by Gasteiger charge is 2.22. The smallest absolute Gasteiger partial charge is 0.203 e. The van der Waals surface area contributed by atoms with E-state index in [9.17, 15) is 0 Å². The minimum atomic E-state index is 0.530. The minimum Gasteiger partial charge on any atom is -0.490 e. The summed E-state index contributed by atoms with van der Waals surface area (Å²) in [6.07, 6.45) is 94.7. The van der Waals surface area contributed by atoms with Crippen LogP contribution in [-0.4, -0.2) is 72.4 Å². The van der Waals surface area contributed by atoms with Crippen molar-refractivity contribution in [3.05, 3.63) is 47.8 Å². The van der Waals surface area contributed by atoms with Crippen molar-refractivity contribution in [2.75, 3.05) is 52.9 Å². The Morgan fingerprint density at radius 3 is 0.529 bits per heavy atom. The van der Waals surface area contributed by atoms with Crippen molar-refractivity contribution in [1.82, 2.24) is 19.6 Å². The van der Waals surface area contributed by atoms with Gasteiger partial charge in [0, 0.05) is 22.5 Å². The summed E-state index contributed by atoms with van der Waals surface area (Å²) < 4.78 is 51.9. The second kappa shape index (κ2) is 79.5. The Hall–Kier alpha value is -4.38. The Morgan fingerprint density at radius 1 is 0.193 bits per heavy atom. The maximum atomic E-state index is 6.88. The molecule has 0 aliphatic rings. The minimum absolute atomic E-state index is 0.530. The van der Waals surface area contributed by atoms with E-state index in [2.05, 4.69) is 101 Å². The SMILES string of the molecule is CCCCCCCCCCCCCCOc1cc(-c2cc(C)n(CCOCCn3nc(-c4cc(OCCCCCCCCCCCCCC)c(OCCCCCCCCCCCCCC)c(OCCCCCCCCCCCCCC)c4)cc3C)n2)cc(OCCCCCCCCCCCCCC)c1OCCCCCCCCCCCCCC. The van der Waals surface area contributed by atoms with Gasteiger partial charge >= 0.3 is 0 Å². The Kier molecular flexibility index (Phi) is 71.5. The van der Waals surface area contributed by atoms with Crippen molar-refractivity contribution in [3.63, 3.8) is 0 Å². The molecule has 0 aliphatic heterocycles. The average molecular weight is 1660 g/mol. The zero-order chi connectivity index (χ0) is 84.7. The molecule has 0 fully saturated rings. The fourth-order valence-corrected chi connectivity index (χ4v) is 17.1. The van der Waals surface area contributed by atoms with E-state index in [-0.39, 0.29) is 0 Å².